The van der Waals surface area contributed by atoms with Crippen molar-refractivity contribution < 1.29 is 36.2 Å². The number of imidazole rings is 1. The second-order valence-electron chi connectivity index (χ2n) is 5.92. The van der Waals surface area contributed by atoms with Crippen molar-refractivity contribution in [3.05, 3.63) is 16.4 Å². The fourth-order valence-electron chi connectivity index (χ4n) is 2.91. The highest BCUT2D eigenvalue weighted by Gasteiger charge is 2.42. The monoisotopic (exact) mass is 402 g/mol. The number of hydrogen-bond acceptors (Lipinski definition) is 5. The molecule has 144 valence electrons. The minimum Gasteiger partial charge on any atom is -0.389 e. The smallest absolute Gasteiger partial charge is 0.389 e. The summed E-state index contributed by atoms with van der Waals surface area (Å²) in [7, 11) is 0. The number of aliphatic hydroxyl groups excluding tert-OH is 1. The molecule has 1 fully saturated rings. The number of halogens is 6. The lowest BCUT2D eigenvalue weighted by Crippen LogP contribution is -2.27. The van der Waals surface area contributed by atoms with E-state index in [1.165, 1.54) is 0 Å². The standard InChI is InChI=1S/C13H12F6N4O2S/c14-12(15,16)2-6-1-9(25)22(3-6)4-7-10(13(17,18)19)20-11-23(7)21-8(5-24)26-11/h6,24H,1-5H2. The van der Waals surface area contributed by atoms with Gasteiger partial charge in [0.05, 0.1) is 18.8 Å². The van der Waals surface area contributed by atoms with E-state index in [9.17, 15) is 31.1 Å². The number of fused-ring (bicyclic) bond motifs is 1. The van der Waals surface area contributed by atoms with Crippen LogP contribution in [0.4, 0.5) is 26.3 Å². The quantitative estimate of drug-likeness (QED) is 0.799. The maximum Gasteiger partial charge on any atom is 0.435 e. The van der Waals surface area contributed by atoms with E-state index in [1.54, 1.807) is 0 Å². The highest BCUT2D eigenvalue weighted by molar-refractivity contribution is 7.16. The van der Waals surface area contributed by atoms with E-state index in [0.717, 1.165) is 20.8 Å². The van der Waals surface area contributed by atoms with Gasteiger partial charge in [-0.05, 0) is 5.92 Å². The molecule has 2 aromatic rings. The number of hydrogen-bond donors (Lipinski definition) is 1. The largest absolute Gasteiger partial charge is 0.435 e. The Morgan fingerprint density at radius 2 is 1.92 bits per heavy atom. The maximum absolute atomic E-state index is 13.2. The molecule has 0 spiro atoms. The SMILES string of the molecule is O=C1CC(CC(F)(F)F)CN1Cc1c(C(F)(F)F)nc2sc(CO)nn12. The molecule has 0 saturated carbocycles. The number of carbonyl (C=O) groups is 1. The lowest BCUT2D eigenvalue weighted by molar-refractivity contribution is -0.143. The Kier molecular flexibility index (Phi) is 4.63. The lowest BCUT2D eigenvalue weighted by atomic mass is 10.1. The lowest BCUT2D eigenvalue weighted by Gasteiger charge is -2.18. The molecule has 1 amide bonds. The first kappa shape index (κ1) is 18.9. The topological polar surface area (TPSA) is 70.7 Å². The fraction of sp³-hybridized carbons (Fsp3) is 0.615. The molecule has 3 rings (SSSR count). The van der Waals surface area contributed by atoms with Crippen LogP contribution < -0.4 is 0 Å². The zero-order valence-corrected chi connectivity index (χ0v) is 13.7. The number of likely N-dealkylation sites (tertiary alicyclic amines) is 1. The van der Waals surface area contributed by atoms with E-state index in [1.807, 2.05) is 0 Å². The van der Waals surface area contributed by atoms with Gasteiger partial charge in [-0.15, -0.1) is 0 Å². The number of rotatable bonds is 4. The minimum atomic E-state index is -4.81. The average Bonchev–Trinajstić information content (AvgIpc) is 3.11. The van der Waals surface area contributed by atoms with Gasteiger partial charge in [0.25, 0.3) is 0 Å². The van der Waals surface area contributed by atoms with Gasteiger partial charge in [0.15, 0.2) is 5.69 Å². The summed E-state index contributed by atoms with van der Waals surface area (Å²) in [4.78, 5) is 16.2. The molecule has 6 nitrogen and oxygen atoms in total. The van der Waals surface area contributed by atoms with E-state index in [4.69, 9.17) is 5.11 Å². The summed E-state index contributed by atoms with van der Waals surface area (Å²) in [5, 5.41) is 13.0. The summed E-state index contributed by atoms with van der Waals surface area (Å²) >= 11 is 0.754. The third-order valence-electron chi connectivity index (χ3n) is 3.90. The number of carbonyl (C=O) groups excluding carboxylic acids is 1. The van der Waals surface area contributed by atoms with Crippen molar-refractivity contribution >= 4 is 22.2 Å². The number of nitrogens with zero attached hydrogens (tertiary/aromatic N) is 4. The van der Waals surface area contributed by atoms with Gasteiger partial charge in [0.2, 0.25) is 10.9 Å². The molecule has 1 saturated heterocycles. The van der Waals surface area contributed by atoms with Crippen molar-refractivity contribution in [2.45, 2.75) is 38.3 Å². The Labute approximate surface area is 146 Å². The molecule has 2 aromatic heterocycles. The molecular weight excluding hydrogens is 390 g/mol. The van der Waals surface area contributed by atoms with Gasteiger partial charge in [-0.2, -0.15) is 31.4 Å². The van der Waals surface area contributed by atoms with Crippen LogP contribution >= 0.6 is 11.3 Å². The predicted molar refractivity (Wildman–Crippen MR) is 76.0 cm³/mol. The van der Waals surface area contributed by atoms with E-state index in [2.05, 4.69) is 10.1 Å². The highest BCUT2D eigenvalue weighted by atomic mass is 32.1. The Bertz CT molecular complexity index is 827. The van der Waals surface area contributed by atoms with Crippen molar-refractivity contribution in [2.24, 2.45) is 5.92 Å². The van der Waals surface area contributed by atoms with Gasteiger partial charge in [0, 0.05) is 19.4 Å². The molecule has 0 aliphatic carbocycles. The third kappa shape index (κ3) is 3.77. The molecular formula is C13H12F6N4O2S. The first-order valence-electron chi connectivity index (χ1n) is 7.38. The molecule has 0 radical (unpaired) electrons. The van der Waals surface area contributed by atoms with E-state index >= 15 is 0 Å². The van der Waals surface area contributed by atoms with Crippen molar-refractivity contribution in [2.75, 3.05) is 6.54 Å². The average molecular weight is 402 g/mol. The molecule has 3 heterocycles. The van der Waals surface area contributed by atoms with Crippen LogP contribution in [0.2, 0.25) is 0 Å². The second kappa shape index (κ2) is 6.37. The van der Waals surface area contributed by atoms with E-state index in [-0.39, 0.29) is 22.9 Å². The van der Waals surface area contributed by atoms with E-state index in [0.29, 0.717) is 0 Å². The number of aliphatic hydroxyl groups is 1. The molecule has 1 aliphatic heterocycles. The summed E-state index contributed by atoms with van der Waals surface area (Å²) in [5.41, 5.74) is -1.68. The summed E-state index contributed by atoms with van der Waals surface area (Å²) in [6.07, 6.45) is -10.8. The number of amides is 1. The molecule has 1 atom stereocenters. The van der Waals surface area contributed by atoms with Crippen LogP contribution in [0.1, 0.15) is 29.2 Å². The molecule has 0 aromatic carbocycles. The molecule has 26 heavy (non-hydrogen) atoms. The van der Waals surface area contributed by atoms with Gasteiger partial charge >= 0.3 is 12.4 Å². The zero-order chi connectivity index (χ0) is 19.3. The van der Waals surface area contributed by atoms with Crippen LogP contribution in [0, 0.1) is 5.92 Å². The highest BCUT2D eigenvalue weighted by Crippen LogP contribution is 2.36. The molecule has 1 N–H and O–H groups in total. The Morgan fingerprint density at radius 1 is 1.23 bits per heavy atom. The maximum atomic E-state index is 13.2. The third-order valence-corrected chi connectivity index (χ3v) is 4.79. The van der Waals surface area contributed by atoms with Crippen LogP contribution in [-0.4, -0.2) is 43.2 Å². The van der Waals surface area contributed by atoms with Crippen molar-refractivity contribution in [1.82, 2.24) is 19.5 Å². The molecule has 1 unspecified atom stereocenters. The zero-order valence-electron chi connectivity index (χ0n) is 12.9. The van der Waals surface area contributed by atoms with Crippen LogP contribution in [0.3, 0.4) is 0 Å². The van der Waals surface area contributed by atoms with Crippen LogP contribution in [-0.2, 0) is 24.1 Å². The van der Waals surface area contributed by atoms with Gasteiger partial charge in [-0.25, -0.2) is 9.50 Å². The summed E-state index contributed by atoms with van der Waals surface area (Å²) in [6.45, 7) is -1.34. The Balaban J connectivity index is 1.90. The molecule has 0 bridgehead atoms. The fourth-order valence-corrected chi connectivity index (χ4v) is 3.69. The molecule has 13 heteroatoms. The normalized spacial score (nSPS) is 19.1. The minimum absolute atomic E-state index is 0.116. The number of alkyl halides is 6. The van der Waals surface area contributed by atoms with Gasteiger partial charge < -0.3 is 10.0 Å². The summed E-state index contributed by atoms with van der Waals surface area (Å²) < 4.78 is 78.0. The molecule has 1 aliphatic rings. The van der Waals surface area contributed by atoms with Gasteiger partial charge in [-0.1, -0.05) is 11.3 Å². The van der Waals surface area contributed by atoms with E-state index < -0.39 is 55.1 Å². The summed E-state index contributed by atoms with van der Waals surface area (Å²) in [6, 6.07) is 0. The first-order chi connectivity index (χ1) is 12.0. The van der Waals surface area contributed by atoms with Gasteiger partial charge in [-0.3, -0.25) is 4.79 Å². The van der Waals surface area contributed by atoms with Crippen LogP contribution in [0.5, 0.6) is 0 Å². The second-order valence-corrected chi connectivity index (χ2v) is 6.96. The van der Waals surface area contributed by atoms with Gasteiger partial charge in [0.1, 0.15) is 5.01 Å². The predicted octanol–water partition coefficient (Wildman–Crippen LogP) is 2.60. The first-order valence-corrected chi connectivity index (χ1v) is 8.19. The van der Waals surface area contributed by atoms with Crippen LogP contribution in [0.15, 0.2) is 0 Å². The van der Waals surface area contributed by atoms with Crippen molar-refractivity contribution in [1.29, 1.82) is 0 Å². The Hall–Kier alpha value is -1.89. The Morgan fingerprint density at radius 3 is 2.50 bits per heavy atom. The van der Waals surface area contributed by atoms with Crippen molar-refractivity contribution in [3.8, 4) is 0 Å². The summed E-state index contributed by atoms with van der Waals surface area (Å²) in [5.74, 6) is -1.65. The van der Waals surface area contributed by atoms with Crippen LogP contribution in [0.25, 0.3) is 4.96 Å². The number of aromatic nitrogens is 3. The van der Waals surface area contributed by atoms with Crippen molar-refractivity contribution in [3.63, 3.8) is 0 Å².